The van der Waals surface area contributed by atoms with Crippen molar-refractivity contribution in [2.24, 2.45) is 5.92 Å². The molecule has 321 valence electrons. The molecule has 0 saturated heterocycles. The molecule has 7 aromatic carbocycles. The van der Waals surface area contributed by atoms with Gasteiger partial charge in [-0.1, -0.05) is 185 Å². The summed E-state index contributed by atoms with van der Waals surface area (Å²) in [4.78, 5) is 10.0. The van der Waals surface area contributed by atoms with Gasteiger partial charge in [-0.3, -0.25) is 4.98 Å². The fraction of sp³-hybridized carbons (Fsp3) is 0.207. The Kier molecular flexibility index (Phi) is 12.4. The number of nitrogens with zero attached hydrogens (tertiary/aromatic N) is 3. The van der Waals surface area contributed by atoms with Crippen LogP contribution in [0.2, 0.25) is 19.6 Å². The molecule has 6 heteroatoms. The van der Waals surface area contributed by atoms with Gasteiger partial charge in [0.1, 0.15) is 5.58 Å². The molecule has 0 atom stereocenters. The van der Waals surface area contributed by atoms with E-state index in [4.69, 9.17) is 14.4 Å². The number of hydrogen-bond donors (Lipinski definition) is 0. The summed E-state index contributed by atoms with van der Waals surface area (Å²) in [6, 6.07) is 59.9. The maximum atomic E-state index is 6.44. The molecule has 3 aromatic heterocycles. The standard InChI is InChI=1S/C35H21N2O.C23H32NSi.Ir/c1-2-11-23(12-3-1)26-22-21-24-13-4-5-14-25(24)33(26)37-31-19-8-7-18-30(31)36-35(37)29-17-10-16-28-27-15-6-9-20-32(27)38-34(28)29;1-17(2)19-10-12-20(13-11-19)22-15-21(14-18-8-6-7-9-18)23(16-24-22)25(3,4)5;/h1-16,18-22H;10-12,15-18H,6-9,14H2,1-5H3;/q2*-1;. The molecule has 1 fully saturated rings. The van der Waals surface area contributed by atoms with E-state index < -0.39 is 8.07 Å². The largest absolute Gasteiger partial charge is 0.501 e. The number of rotatable bonds is 8. The molecule has 0 bridgehead atoms. The second-order valence-electron chi connectivity index (χ2n) is 18.5. The average molecular weight is 1030 g/mol. The van der Waals surface area contributed by atoms with Crippen LogP contribution < -0.4 is 5.19 Å². The van der Waals surface area contributed by atoms with Crippen molar-refractivity contribution in [2.45, 2.75) is 71.5 Å². The molecule has 1 radical (unpaired) electrons. The van der Waals surface area contributed by atoms with E-state index in [1.54, 1.807) is 10.8 Å². The van der Waals surface area contributed by atoms with Crippen LogP contribution in [-0.4, -0.2) is 22.6 Å². The molecular formula is C58H53IrN3OSi-2. The molecule has 3 heterocycles. The molecule has 1 aliphatic rings. The van der Waals surface area contributed by atoms with Gasteiger partial charge in [0.15, 0.2) is 0 Å². The van der Waals surface area contributed by atoms with Crippen molar-refractivity contribution in [1.29, 1.82) is 0 Å². The van der Waals surface area contributed by atoms with Crippen molar-refractivity contribution in [3.63, 3.8) is 0 Å². The normalized spacial score (nSPS) is 13.2. The molecule has 1 aliphatic carbocycles. The first-order valence-corrected chi connectivity index (χ1v) is 26.1. The molecule has 11 rings (SSSR count). The molecule has 0 aliphatic heterocycles. The number of pyridine rings is 1. The van der Waals surface area contributed by atoms with Gasteiger partial charge in [-0.15, -0.1) is 53.6 Å². The molecule has 4 nitrogen and oxygen atoms in total. The van der Waals surface area contributed by atoms with Crippen molar-refractivity contribution in [3.8, 4) is 39.5 Å². The van der Waals surface area contributed by atoms with Crippen LogP contribution in [0.15, 0.2) is 162 Å². The van der Waals surface area contributed by atoms with E-state index >= 15 is 0 Å². The van der Waals surface area contributed by atoms with E-state index in [1.165, 1.54) is 43.1 Å². The molecular weight excluding hydrogens is 975 g/mol. The van der Waals surface area contributed by atoms with E-state index in [9.17, 15) is 0 Å². The average Bonchev–Trinajstić information content (AvgIpc) is 4.07. The van der Waals surface area contributed by atoms with Crippen LogP contribution in [0.4, 0.5) is 0 Å². The van der Waals surface area contributed by atoms with Crippen LogP contribution in [0.5, 0.6) is 0 Å². The van der Waals surface area contributed by atoms with Crippen molar-refractivity contribution in [3.05, 3.63) is 181 Å². The summed E-state index contributed by atoms with van der Waals surface area (Å²) in [6.07, 6.45) is 9.04. The van der Waals surface area contributed by atoms with Gasteiger partial charge in [0, 0.05) is 42.6 Å². The van der Waals surface area contributed by atoms with Crippen LogP contribution >= 0.6 is 0 Å². The Morgan fingerprint density at radius 1 is 0.750 bits per heavy atom. The van der Waals surface area contributed by atoms with Crippen LogP contribution in [0.25, 0.3) is 83.2 Å². The van der Waals surface area contributed by atoms with Gasteiger partial charge in [0.05, 0.1) is 36.2 Å². The second-order valence-corrected chi connectivity index (χ2v) is 23.6. The molecule has 1 saturated carbocycles. The fourth-order valence-corrected chi connectivity index (χ4v) is 11.2. The summed E-state index contributed by atoms with van der Waals surface area (Å²) in [7, 11) is -1.37. The molecule has 64 heavy (non-hydrogen) atoms. The van der Waals surface area contributed by atoms with Crippen molar-refractivity contribution in [1.82, 2.24) is 14.5 Å². The van der Waals surface area contributed by atoms with Crippen molar-refractivity contribution in [2.75, 3.05) is 0 Å². The Labute approximate surface area is 391 Å². The number of imidazole rings is 1. The van der Waals surface area contributed by atoms with Crippen LogP contribution in [-0.2, 0) is 26.5 Å². The Balaban J connectivity index is 0.000000174. The first kappa shape index (κ1) is 43.3. The SMILES string of the molecule is CC(C)c1c[c-]c(-c2cc(CC3CCCC3)c([Si](C)(C)C)cn2)cc1.[Ir].[c-]1ccc2c(oc3ccccc32)c1-c1nc2ccccc2n1-c1c(-c2ccccc2)ccc2ccccc12. The minimum Gasteiger partial charge on any atom is -0.501 e. The van der Waals surface area contributed by atoms with Gasteiger partial charge >= 0.3 is 0 Å². The number of fused-ring (bicyclic) bond motifs is 5. The topological polar surface area (TPSA) is 43.9 Å². The van der Waals surface area contributed by atoms with Crippen molar-refractivity contribution >= 4 is 57.0 Å². The Morgan fingerprint density at radius 3 is 2.25 bits per heavy atom. The van der Waals surface area contributed by atoms with E-state index in [1.807, 2.05) is 30.3 Å². The second kappa shape index (κ2) is 18.3. The van der Waals surface area contributed by atoms with Crippen molar-refractivity contribution < 1.29 is 24.5 Å². The Hall–Kier alpha value is -5.91. The Morgan fingerprint density at radius 2 is 1.48 bits per heavy atom. The van der Waals surface area contributed by atoms with Gasteiger partial charge < -0.3 is 14.0 Å². The molecule has 10 aromatic rings. The number of para-hydroxylation sites is 3. The van der Waals surface area contributed by atoms with Gasteiger partial charge in [-0.2, -0.15) is 0 Å². The van der Waals surface area contributed by atoms with E-state index in [0.29, 0.717) is 5.92 Å². The summed E-state index contributed by atoms with van der Waals surface area (Å²) in [5.74, 6) is 2.23. The smallest absolute Gasteiger partial charge is 0.120 e. The fourth-order valence-electron chi connectivity index (χ4n) is 9.59. The summed E-state index contributed by atoms with van der Waals surface area (Å²) in [5, 5.41) is 6.04. The van der Waals surface area contributed by atoms with Crippen LogP contribution in [0.1, 0.15) is 56.6 Å². The first-order chi connectivity index (χ1) is 30.7. The third-order valence-electron chi connectivity index (χ3n) is 12.9. The quantitative estimate of drug-likeness (QED) is 0.113. The number of aromatic nitrogens is 3. The van der Waals surface area contributed by atoms with Crippen LogP contribution in [0, 0.1) is 18.1 Å². The molecule has 0 N–H and O–H groups in total. The predicted octanol–water partition coefficient (Wildman–Crippen LogP) is 15.2. The minimum atomic E-state index is -1.37. The van der Waals surface area contributed by atoms with E-state index in [2.05, 4.69) is 178 Å². The summed E-state index contributed by atoms with van der Waals surface area (Å²) in [5.41, 5.74) is 13.0. The third kappa shape index (κ3) is 8.43. The molecule has 0 unspecified atom stereocenters. The Bertz CT molecular complexity index is 3230. The van der Waals surface area contributed by atoms with Gasteiger partial charge in [-0.05, 0) is 52.4 Å². The van der Waals surface area contributed by atoms with Gasteiger partial charge in [-0.25, -0.2) is 0 Å². The monoisotopic (exact) mass is 1030 g/mol. The first-order valence-electron chi connectivity index (χ1n) is 22.6. The molecule has 0 amide bonds. The maximum absolute atomic E-state index is 6.44. The van der Waals surface area contributed by atoms with Gasteiger partial charge in [0.2, 0.25) is 0 Å². The van der Waals surface area contributed by atoms with E-state index in [-0.39, 0.29) is 20.1 Å². The van der Waals surface area contributed by atoms with E-state index in [0.717, 1.165) is 83.7 Å². The van der Waals surface area contributed by atoms with Crippen LogP contribution in [0.3, 0.4) is 0 Å². The summed E-state index contributed by atoms with van der Waals surface area (Å²) in [6.45, 7) is 11.8. The maximum Gasteiger partial charge on any atom is 0.120 e. The molecule has 0 spiro atoms. The number of furan rings is 1. The van der Waals surface area contributed by atoms with Gasteiger partial charge in [0.25, 0.3) is 0 Å². The zero-order valence-electron chi connectivity index (χ0n) is 37.3. The zero-order chi connectivity index (χ0) is 43.1. The number of benzene rings is 7. The number of hydrogen-bond acceptors (Lipinski definition) is 3. The third-order valence-corrected chi connectivity index (χ3v) is 15.0. The summed E-state index contributed by atoms with van der Waals surface area (Å²) >= 11 is 0. The minimum absolute atomic E-state index is 0. The summed E-state index contributed by atoms with van der Waals surface area (Å²) < 4.78 is 8.73. The predicted molar refractivity (Wildman–Crippen MR) is 267 cm³/mol. The zero-order valence-corrected chi connectivity index (χ0v) is 40.7.